The first-order chi connectivity index (χ1) is 5.61. The normalized spacial score (nSPS) is 9.33. The highest BCUT2D eigenvalue weighted by molar-refractivity contribution is 7.12. The topological polar surface area (TPSA) is 95.4 Å². The van der Waals surface area contributed by atoms with Gasteiger partial charge in [0.25, 0.3) is 0 Å². The van der Waals surface area contributed by atoms with E-state index in [4.69, 9.17) is 5.73 Å². The highest BCUT2D eigenvalue weighted by Crippen LogP contribution is 2.19. The molecule has 0 spiro atoms. The molecule has 4 N–H and O–H groups in total. The Morgan fingerprint density at radius 2 is 2.17 bits per heavy atom. The van der Waals surface area contributed by atoms with Crippen molar-refractivity contribution >= 4 is 29.1 Å². The van der Waals surface area contributed by atoms with Crippen molar-refractivity contribution in [2.24, 2.45) is 5.73 Å². The van der Waals surface area contributed by atoms with E-state index in [2.05, 4.69) is 10.5 Å². The maximum atomic E-state index is 10.9. The fourth-order valence-electron chi connectivity index (χ4n) is 0.623. The Kier molecular flexibility index (Phi) is 2.29. The van der Waals surface area contributed by atoms with Crippen LogP contribution in [0.4, 0.5) is 10.5 Å². The lowest BCUT2D eigenvalue weighted by Crippen LogP contribution is -2.18. The molecule has 0 unspecified atom stereocenters. The third-order valence-electron chi connectivity index (χ3n) is 1.07. The summed E-state index contributed by atoms with van der Waals surface area (Å²) in [6.45, 7) is 0. The van der Waals surface area contributed by atoms with Crippen LogP contribution in [0.3, 0.4) is 0 Å². The second-order valence-corrected chi connectivity index (χ2v) is 2.83. The smallest absolute Gasteiger partial charge is 0.397 e. The Labute approximate surface area is 71.9 Å². The fraction of sp³-hybridized carbons (Fsp3) is 0. The molecule has 0 aliphatic rings. The average Bonchev–Trinajstić information content (AvgIpc) is 2.33. The number of esters is 1. The number of rotatable bonds is 1. The van der Waals surface area contributed by atoms with Crippen LogP contribution in [0.5, 0.6) is 0 Å². The first-order valence-corrected chi connectivity index (χ1v) is 3.84. The Balaban J connectivity index is 2.78. The molecule has 0 saturated heterocycles. The molecule has 1 amide bonds. The van der Waals surface area contributed by atoms with E-state index in [1.165, 1.54) is 0 Å². The number of carbonyl (C=O) groups is 2. The predicted octanol–water partition coefficient (Wildman–Crippen LogP) is 0.566. The highest BCUT2D eigenvalue weighted by atomic mass is 32.1. The van der Waals surface area contributed by atoms with Crippen molar-refractivity contribution in [3.8, 4) is 0 Å². The molecule has 64 valence electrons. The molecule has 1 rings (SSSR count). The summed E-state index contributed by atoms with van der Waals surface area (Å²) in [5.74, 6) is -0.810. The highest BCUT2D eigenvalue weighted by Gasteiger charge is 2.14. The Bertz CT molecular complexity index is 320. The third-order valence-corrected chi connectivity index (χ3v) is 1.98. The number of carbonyl (C=O) groups excluding carboxylic acids is 2. The van der Waals surface area contributed by atoms with Crippen LogP contribution in [0.25, 0.3) is 0 Å². The zero-order valence-corrected chi connectivity index (χ0v) is 6.76. The number of ether oxygens (including phenoxy) is 1. The molecule has 1 heterocycles. The number of nitrogen functional groups attached to an aromatic ring is 1. The zero-order chi connectivity index (χ0) is 9.14. The molecule has 0 radical (unpaired) electrons. The summed E-state index contributed by atoms with van der Waals surface area (Å²) < 4.78 is 4.11. The summed E-state index contributed by atoms with van der Waals surface area (Å²) >= 11 is 1.09. The van der Waals surface area contributed by atoms with E-state index in [1.54, 1.807) is 11.4 Å². The Hall–Kier alpha value is -1.56. The molecular weight excluding hydrogens is 180 g/mol. The molecule has 0 aromatic carbocycles. The van der Waals surface area contributed by atoms with Gasteiger partial charge in [-0.25, -0.2) is 9.59 Å². The van der Waals surface area contributed by atoms with Gasteiger partial charge in [0, 0.05) is 0 Å². The van der Waals surface area contributed by atoms with Gasteiger partial charge in [-0.1, -0.05) is 0 Å². The average molecular weight is 186 g/mol. The monoisotopic (exact) mass is 186 g/mol. The lowest BCUT2D eigenvalue weighted by Gasteiger charge is -1.96. The van der Waals surface area contributed by atoms with E-state index in [-0.39, 0.29) is 10.6 Å². The van der Waals surface area contributed by atoms with Gasteiger partial charge < -0.3 is 16.2 Å². The molecule has 0 aliphatic heterocycles. The van der Waals surface area contributed by atoms with Crippen LogP contribution in [-0.4, -0.2) is 12.1 Å². The molecule has 0 bridgehead atoms. The molecule has 0 atom stereocenters. The van der Waals surface area contributed by atoms with Gasteiger partial charge in [-0.15, -0.1) is 11.3 Å². The summed E-state index contributed by atoms with van der Waals surface area (Å²) in [4.78, 5) is 21.3. The van der Waals surface area contributed by atoms with Crippen molar-refractivity contribution in [1.82, 2.24) is 0 Å². The van der Waals surface area contributed by atoms with E-state index in [0.717, 1.165) is 11.3 Å². The van der Waals surface area contributed by atoms with Crippen LogP contribution in [0.1, 0.15) is 9.67 Å². The van der Waals surface area contributed by atoms with Crippen molar-refractivity contribution in [3.63, 3.8) is 0 Å². The molecular formula is C6H6N2O3S. The van der Waals surface area contributed by atoms with Crippen LogP contribution >= 0.6 is 11.3 Å². The predicted molar refractivity (Wildman–Crippen MR) is 43.7 cm³/mol. The third kappa shape index (κ3) is 1.73. The largest absolute Gasteiger partial charge is 0.412 e. The van der Waals surface area contributed by atoms with Gasteiger partial charge in [0.2, 0.25) is 0 Å². The Morgan fingerprint density at radius 1 is 1.50 bits per heavy atom. The summed E-state index contributed by atoms with van der Waals surface area (Å²) in [5.41, 5.74) is 10.3. The lowest BCUT2D eigenvalue weighted by atomic mass is 10.4. The van der Waals surface area contributed by atoms with Crippen LogP contribution in [0.15, 0.2) is 11.4 Å². The van der Waals surface area contributed by atoms with Crippen molar-refractivity contribution in [1.29, 1.82) is 0 Å². The molecule has 12 heavy (non-hydrogen) atoms. The number of hydrogen-bond donors (Lipinski definition) is 2. The summed E-state index contributed by atoms with van der Waals surface area (Å²) in [7, 11) is 0. The molecule has 0 saturated carbocycles. The SMILES string of the molecule is NC(=O)OC(=O)c1sccc1N. The number of primary amides is 1. The lowest BCUT2D eigenvalue weighted by molar-refractivity contribution is 0.0644. The molecule has 0 fully saturated rings. The van der Waals surface area contributed by atoms with Gasteiger partial charge >= 0.3 is 12.1 Å². The van der Waals surface area contributed by atoms with E-state index in [9.17, 15) is 9.59 Å². The summed E-state index contributed by atoms with van der Waals surface area (Å²) in [5, 5.41) is 1.62. The van der Waals surface area contributed by atoms with Gasteiger partial charge in [0.1, 0.15) is 4.88 Å². The fourth-order valence-corrected chi connectivity index (χ4v) is 1.32. The molecule has 0 aliphatic carbocycles. The van der Waals surface area contributed by atoms with Crippen molar-refractivity contribution < 1.29 is 14.3 Å². The second-order valence-electron chi connectivity index (χ2n) is 1.91. The van der Waals surface area contributed by atoms with Gasteiger partial charge in [0.05, 0.1) is 5.69 Å². The van der Waals surface area contributed by atoms with E-state index in [1.807, 2.05) is 0 Å². The maximum Gasteiger partial charge on any atom is 0.412 e. The minimum absolute atomic E-state index is 0.189. The first-order valence-electron chi connectivity index (χ1n) is 2.96. The maximum absolute atomic E-state index is 10.9. The number of hydrogen-bond acceptors (Lipinski definition) is 5. The van der Waals surface area contributed by atoms with Crippen molar-refractivity contribution in [2.45, 2.75) is 0 Å². The standard InChI is InChI=1S/C6H6N2O3S/c7-3-1-2-12-4(3)5(9)11-6(8)10/h1-2H,7H2,(H2,8,10). The summed E-state index contributed by atoms with van der Waals surface area (Å²) in [6, 6.07) is 1.54. The number of anilines is 1. The van der Waals surface area contributed by atoms with Gasteiger partial charge in [-0.2, -0.15) is 0 Å². The molecule has 6 heteroatoms. The summed E-state index contributed by atoms with van der Waals surface area (Å²) in [6.07, 6.45) is -1.13. The van der Waals surface area contributed by atoms with E-state index >= 15 is 0 Å². The zero-order valence-electron chi connectivity index (χ0n) is 5.94. The molecule has 1 aromatic heterocycles. The minimum atomic E-state index is -1.13. The van der Waals surface area contributed by atoms with Gasteiger partial charge in [-0.3, -0.25) is 0 Å². The first kappa shape index (κ1) is 8.54. The second kappa shape index (κ2) is 3.22. The van der Waals surface area contributed by atoms with E-state index < -0.39 is 12.1 Å². The number of nitrogens with two attached hydrogens (primary N) is 2. The van der Waals surface area contributed by atoms with Crippen LogP contribution in [0.2, 0.25) is 0 Å². The number of amides is 1. The molecule has 5 nitrogen and oxygen atoms in total. The van der Waals surface area contributed by atoms with E-state index in [0.29, 0.717) is 0 Å². The van der Waals surface area contributed by atoms with Crippen LogP contribution < -0.4 is 11.5 Å². The quantitative estimate of drug-likeness (QED) is 0.495. The Morgan fingerprint density at radius 3 is 2.58 bits per heavy atom. The van der Waals surface area contributed by atoms with Crippen molar-refractivity contribution in [2.75, 3.05) is 5.73 Å². The van der Waals surface area contributed by atoms with Crippen LogP contribution in [-0.2, 0) is 4.74 Å². The number of thiophene rings is 1. The van der Waals surface area contributed by atoms with Gasteiger partial charge in [0.15, 0.2) is 0 Å². The molecule has 1 aromatic rings. The van der Waals surface area contributed by atoms with Crippen LogP contribution in [0, 0.1) is 0 Å². The van der Waals surface area contributed by atoms with Crippen molar-refractivity contribution in [3.05, 3.63) is 16.3 Å². The van der Waals surface area contributed by atoms with Gasteiger partial charge in [-0.05, 0) is 11.4 Å². The minimum Gasteiger partial charge on any atom is -0.397 e.